The molecule has 0 fully saturated rings. The molecular weight excluding hydrogens is 415 g/mol. The number of nitrogens with two attached hydrogens (primary N) is 1. The van der Waals surface area contributed by atoms with Crippen LogP contribution in [0.1, 0.15) is 56.0 Å². The van der Waals surface area contributed by atoms with Crippen molar-refractivity contribution in [3.8, 4) is 5.75 Å². The lowest BCUT2D eigenvalue weighted by atomic mass is 9.93. The Morgan fingerprint density at radius 3 is 2.37 bits per heavy atom. The van der Waals surface area contributed by atoms with Crippen molar-refractivity contribution >= 4 is 35.7 Å². The summed E-state index contributed by atoms with van der Waals surface area (Å²) in [4.78, 5) is 4.98. The Bertz CT molecular complexity index is 914. The fraction of sp³-hybridized carbons (Fsp3) is 0.400. The van der Waals surface area contributed by atoms with Crippen LogP contribution in [0, 0.1) is 5.92 Å². The second kappa shape index (κ2) is 12.8. The van der Waals surface area contributed by atoms with Crippen molar-refractivity contribution in [2.45, 2.75) is 59.6 Å². The van der Waals surface area contributed by atoms with E-state index in [9.17, 15) is 0 Å². The molecule has 164 valence electrons. The highest BCUT2D eigenvalue weighted by molar-refractivity contribution is 5.86. The van der Waals surface area contributed by atoms with Crippen LogP contribution in [0.3, 0.4) is 0 Å². The number of halogens is 2. The van der Waals surface area contributed by atoms with Crippen molar-refractivity contribution in [2.75, 3.05) is 0 Å². The van der Waals surface area contributed by atoms with Gasteiger partial charge in [0.2, 0.25) is 0 Å². The van der Waals surface area contributed by atoms with Crippen LogP contribution in [0.15, 0.2) is 48.5 Å². The molecule has 0 bridgehead atoms. The second-order valence-corrected chi connectivity index (χ2v) is 7.87. The van der Waals surface area contributed by atoms with Crippen molar-refractivity contribution < 1.29 is 4.74 Å². The average molecular weight is 449 g/mol. The number of aromatic nitrogens is 1. The number of pyridine rings is 1. The first-order valence-corrected chi connectivity index (χ1v) is 10.4. The lowest BCUT2D eigenvalue weighted by Gasteiger charge is -2.18. The summed E-state index contributed by atoms with van der Waals surface area (Å²) < 4.78 is 6.07. The van der Waals surface area contributed by atoms with E-state index < -0.39 is 0 Å². The van der Waals surface area contributed by atoms with E-state index in [-0.39, 0.29) is 24.8 Å². The maximum Gasteiger partial charge on any atom is 0.120 e. The van der Waals surface area contributed by atoms with Gasteiger partial charge in [-0.2, -0.15) is 0 Å². The van der Waals surface area contributed by atoms with Gasteiger partial charge in [-0.25, -0.2) is 0 Å². The smallest absolute Gasteiger partial charge is 0.120 e. The lowest BCUT2D eigenvalue weighted by molar-refractivity contribution is 0.306. The normalized spacial score (nSPS) is 10.6. The summed E-state index contributed by atoms with van der Waals surface area (Å²) in [6.07, 6.45) is 4.32. The number of fused-ring (bicyclic) bond motifs is 1. The highest BCUT2D eigenvalue weighted by Crippen LogP contribution is 2.30. The Kier molecular flexibility index (Phi) is 11.2. The van der Waals surface area contributed by atoms with Crippen molar-refractivity contribution in [1.82, 2.24) is 4.98 Å². The first kappa shape index (κ1) is 26.2. The third-order valence-electron chi connectivity index (χ3n) is 5.10. The van der Waals surface area contributed by atoms with Gasteiger partial charge in [0.1, 0.15) is 12.4 Å². The molecule has 0 amide bonds. The van der Waals surface area contributed by atoms with Crippen LogP contribution in [0.5, 0.6) is 5.75 Å². The summed E-state index contributed by atoms with van der Waals surface area (Å²) in [6, 6.07) is 16.5. The largest absolute Gasteiger partial charge is 0.489 e. The van der Waals surface area contributed by atoms with E-state index in [4.69, 9.17) is 15.5 Å². The molecule has 0 atom stereocenters. The molecule has 0 aliphatic carbocycles. The van der Waals surface area contributed by atoms with Crippen LogP contribution in [0.4, 0.5) is 0 Å². The Hall–Kier alpha value is -1.81. The van der Waals surface area contributed by atoms with Gasteiger partial charge in [-0.3, -0.25) is 4.98 Å². The molecule has 3 nitrogen and oxygen atoms in total. The molecule has 0 aliphatic heterocycles. The van der Waals surface area contributed by atoms with E-state index in [1.165, 1.54) is 22.1 Å². The summed E-state index contributed by atoms with van der Waals surface area (Å²) in [7, 11) is 0. The minimum atomic E-state index is 0. The molecule has 1 heterocycles. The molecule has 0 saturated heterocycles. The molecule has 0 radical (unpaired) electrons. The number of unbranched alkanes of at least 4 members (excludes halogenated alkanes) is 1. The molecular formula is C25H34Cl2N2O. The minimum Gasteiger partial charge on any atom is -0.489 e. The number of nitrogens with zero attached hydrogens (tertiary/aromatic N) is 1. The Morgan fingerprint density at radius 1 is 1.00 bits per heavy atom. The number of ether oxygens (including phenoxy) is 1. The van der Waals surface area contributed by atoms with Gasteiger partial charge in [0, 0.05) is 17.6 Å². The molecule has 0 aliphatic rings. The van der Waals surface area contributed by atoms with Crippen LogP contribution >= 0.6 is 24.8 Å². The van der Waals surface area contributed by atoms with Gasteiger partial charge in [0.05, 0.1) is 5.52 Å². The van der Waals surface area contributed by atoms with Crippen molar-refractivity contribution in [3.63, 3.8) is 0 Å². The highest BCUT2D eigenvalue weighted by Gasteiger charge is 2.15. The molecule has 30 heavy (non-hydrogen) atoms. The molecule has 3 aromatic rings. The maximum atomic E-state index is 6.19. The zero-order chi connectivity index (χ0) is 19.9. The Morgan fingerprint density at radius 2 is 1.73 bits per heavy atom. The monoisotopic (exact) mass is 448 g/mol. The molecule has 3 rings (SSSR count). The van der Waals surface area contributed by atoms with Crippen molar-refractivity contribution in [2.24, 2.45) is 11.7 Å². The van der Waals surface area contributed by atoms with E-state index in [0.717, 1.165) is 42.6 Å². The molecule has 2 aromatic carbocycles. The molecule has 2 N–H and O–H groups in total. The van der Waals surface area contributed by atoms with Gasteiger partial charge in [0.25, 0.3) is 0 Å². The van der Waals surface area contributed by atoms with Crippen molar-refractivity contribution in [3.05, 3.63) is 70.9 Å². The van der Waals surface area contributed by atoms with E-state index in [1.807, 2.05) is 24.3 Å². The first-order chi connectivity index (χ1) is 13.6. The molecule has 0 saturated carbocycles. The number of hydrogen-bond acceptors (Lipinski definition) is 3. The average Bonchev–Trinajstić information content (AvgIpc) is 2.70. The summed E-state index contributed by atoms with van der Waals surface area (Å²) in [6.45, 7) is 7.81. The van der Waals surface area contributed by atoms with Gasteiger partial charge in [-0.15, -0.1) is 24.8 Å². The Labute approximate surface area is 193 Å². The van der Waals surface area contributed by atoms with Gasteiger partial charge in [0.15, 0.2) is 0 Å². The molecule has 5 heteroatoms. The van der Waals surface area contributed by atoms with Gasteiger partial charge in [-0.1, -0.05) is 57.5 Å². The van der Waals surface area contributed by atoms with E-state index in [2.05, 4.69) is 45.0 Å². The zero-order valence-corrected chi connectivity index (χ0v) is 19.8. The van der Waals surface area contributed by atoms with Crippen LogP contribution in [-0.4, -0.2) is 4.98 Å². The van der Waals surface area contributed by atoms with E-state index >= 15 is 0 Å². The predicted octanol–water partition coefficient (Wildman–Crippen LogP) is 6.66. The fourth-order valence-electron chi connectivity index (χ4n) is 3.67. The third-order valence-corrected chi connectivity index (χ3v) is 5.10. The van der Waals surface area contributed by atoms with E-state index in [1.54, 1.807) is 0 Å². The SMILES string of the molecule is CCCCc1c(CN)c(CC(C)C)nc2ccc(OCc3ccccc3)cc12.Cl.Cl. The first-order valence-electron chi connectivity index (χ1n) is 10.4. The fourth-order valence-corrected chi connectivity index (χ4v) is 3.67. The molecule has 1 aromatic heterocycles. The van der Waals surface area contributed by atoms with Crippen LogP contribution in [0.25, 0.3) is 10.9 Å². The summed E-state index contributed by atoms with van der Waals surface area (Å²) >= 11 is 0. The topological polar surface area (TPSA) is 48.1 Å². The van der Waals surface area contributed by atoms with Crippen LogP contribution in [0.2, 0.25) is 0 Å². The standard InChI is InChI=1S/C25H32N2O.2ClH/c1-4-5-11-21-22-15-20(28-17-19-9-7-6-8-10-19)12-13-24(22)27-25(14-18(2)3)23(21)16-26;;/h6-10,12-13,15,18H,4-5,11,14,16-17,26H2,1-3H3;2*1H. The third kappa shape index (κ3) is 6.60. The van der Waals surface area contributed by atoms with Gasteiger partial charge in [-0.05, 0) is 60.1 Å². The van der Waals surface area contributed by atoms with Gasteiger partial charge < -0.3 is 10.5 Å². The summed E-state index contributed by atoms with van der Waals surface area (Å²) in [5.41, 5.74) is 12.2. The number of hydrogen-bond donors (Lipinski definition) is 1. The minimum absolute atomic E-state index is 0. The number of aryl methyl sites for hydroxylation is 1. The maximum absolute atomic E-state index is 6.19. The zero-order valence-electron chi connectivity index (χ0n) is 18.2. The number of rotatable bonds is 9. The van der Waals surface area contributed by atoms with Gasteiger partial charge >= 0.3 is 0 Å². The molecule has 0 spiro atoms. The van der Waals surface area contributed by atoms with Crippen LogP contribution in [-0.2, 0) is 26.0 Å². The molecule has 0 unspecified atom stereocenters. The van der Waals surface area contributed by atoms with Crippen molar-refractivity contribution in [1.29, 1.82) is 0 Å². The van der Waals surface area contributed by atoms with E-state index in [0.29, 0.717) is 19.1 Å². The van der Waals surface area contributed by atoms with Crippen LogP contribution < -0.4 is 10.5 Å². The number of benzene rings is 2. The predicted molar refractivity (Wildman–Crippen MR) is 132 cm³/mol. The highest BCUT2D eigenvalue weighted by atomic mass is 35.5. The Balaban J connectivity index is 0.00000225. The lowest BCUT2D eigenvalue weighted by Crippen LogP contribution is -2.11. The second-order valence-electron chi connectivity index (χ2n) is 7.87. The summed E-state index contributed by atoms with van der Waals surface area (Å²) in [5.74, 6) is 1.44. The summed E-state index contributed by atoms with van der Waals surface area (Å²) in [5, 5.41) is 1.19. The quantitative estimate of drug-likeness (QED) is 0.398.